The molecule has 1 N–H and O–H groups in total. The SMILES string of the molecule is Cc1ccc(Cl)cc1NS(=O)(=O)c1ccc(Cl)c(Cl)c1. The smallest absolute Gasteiger partial charge is 0.261 e. The Labute approximate surface area is 132 Å². The average molecular weight is 351 g/mol. The molecule has 0 amide bonds. The van der Waals surface area contributed by atoms with Gasteiger partial charge >= 0.3 is 0 Å². The molecule has 0 heterocycles. The molecule has 0 saturated heterocycles. The summed E-state index contributed by atoms with van der Waals surface area (Å²) >= 11 is 17.5. The quantitative estimate of drug-likeness (QED) is 0.867. The van der Waals surface area contributed by atoms with Gasteiger partial charge in [-0.15, -0.1) is 0 Å². The summed E-state index contributed by atoms with van der Waals surface area (Å²) in [6.07, 6.45) is 0. The molecule has 106 valence electrons. The van der Waals surface area contributed by atoms with Crippen LogP contribution in [0.3, 0.4) is 0 Å². The van der Waals surface area contributed by atoms with Crippen molar-refractivity contribution in [3.63, 3.8) is 0 Å². The molecule has 2 aromatic rings. The standard InChI is InChI=1S/C13H10Cl3NO2S/c1-8-2-3-9(14)6-13(8)17-20(18,19)10-4-5-11(15)12(16)7-10/h2-7,17H,1H3. The summed E-state index contributed by atoms with van der Waals surface area (Å²) in [4.78, 5) is 0.0336. The van der Waals surface area contributed by atoms with Crippen molar-refractivity contribution >= 4 is 50.5 Å². The fourth-order valence-electron chi connectivity index (χ4n) is 1.55. The summed E-state index contributed by atoms with van der Waals surface area (Å²) in [5.41, 5.74) is 1.18. The molecule has 0 atom stereocenters. The van der Waals surface area contributed by atoms with Gasteiger partial charge in [-0.1, -0.05) is 40.9 Å². The number of aryl methyl sites for hydroxylation is 1. The van der Waals surface area contributed by atoms with Crippen LogP contribution in [-0.2, 0) is 10.0 Å². The first kappa shape index (κ1) is 15.4. The number of sulfonamides is 1. The Morgan fingerprint density at radius 2 is 1.65 bits per heavy atom. The first-order valence-electron chi connectivity index (χ1n) is 5.53. The van der Waals surface area contributed by atoms with Crippen molar-refractivity contribution in [3.8, 4) is 0 Å². The molecule has 0 unspecified atom stereocenters. The monoisotopic (exact) mass is 349 g/mol. The fourth-order valence-corrected chi connectivity index (χ4v) is 3.23. The van der Waals surface area contributed by atoms with E-state index < -0.39 is 10.0 Å². The molecule has 7 heteroatoms. The van der Waals surface area contributed by atoms with Crippen LogP contribution in [-0.4, -0.2) is 8.42 Å². The number of hydrogen-bond donors (Lipinski definition) is 1. The maximum atomic E-state index is 12.3. The zero-order valence-electron chi connectivity index (χ0n) is 10.3. The van der Waals surface area contributed by atoms with Gasteiger partial charge in [-0.3, -0.25) is 4.72 Å². The molecule has 0 saturated carbocycles. The van der Waals surface area contributed by atoms with Gasteiger partial charge in [0, 0.05) is 5.02 Å². The molecule has 0 spiro atoms. The lowest BCUT2D eigenvalue weighted by Gasteiger charge is -2.11. The normalized spacial score (nSPS) is 11.4. The molecule has 2 rings (SSSR count). The van der Waals surface area contributed by atoms with E-state index in [9.17, 15) is 8.42 Å². The van der Waals surface area contributed by atoms with Gasteiger partial charge in [-0.2, -0.15) is 0 Å². The second-order valence-corrected chi connectivity index (χ2v) is 7.07. The van der Waals surface area contributed by atoms with Gasteiger partial charge in [-0.05, 0) is 42.8 Å². The first-order chi connectivity index (χ1) is 9.29. The molecule has 0 aliphatic carbocycles. The van der Waals surface area contributed by atoms with Crippen LogP contribution >= 0.6 is 34.8 Å². The van der Waals surface area contributed by atoms with Crippen molar-refractivity contribution in [3.05, 3.63) is 57.0 Å². The highest BCUT2D eigenvalue weighted by atomic mass is 35.5. The van der Waals surface area contributed by atoms with Gasteiger partial charge in [0.15, 0.2) is 0 Å². The molecule has 0 fully saturated rings. The fraction of sp³-hybridized carbons (Fsp3) is 0.0769. The van der Waals surface area contributed by atoms with Gasteiger partial charge in [-0.25, -0.2) is 8.42 Å². The Bertz CT molecular complexity index is 760. The van der Waals surface area contributed by atoms with E-state index in [1.807, 2.05) is 0 Å². The number of halogens is 3. The third-order valence-electron chi connectivity index (χ3n) is 2.65. The van der Waals surface area contributed by atoms with Crippen LogP contribution in [0.5, 0.6) is 0 Å². The summed E-state index contributed by atoms with van der Waals surface area (Å²) in [7, 11) is -3.74. The van der Waals surface area contributed by atoms with Crippen molar-refractivity contribution in [2.24, 2.45) is 0 Å². The molecule has 2 aromatic carbocycles. The highest BCUT2D eigenvalue weighted by Crippen LogP contribution is 2.27. The minimum absolute atomic E-state index is 0.0336. The Hall–Kier alpha value is -0.940. The van der Waals surface area contributed by atoms with E-state index in [1.54, 1.807) is 25.1 Å². The topological polar surface area (TPSA) is 46.2 Å². The van der Waals surface area contributed by atoms with E-state index in [1.165, 1.54) is 18.2 Å². The van der Waals surface area contributed by atoms with Crippen LogP contribution < -0.4 is 4.72 Å². The Kier molecular flexibility index (Phi) is 4.49. The number of hydrogen-bond acceptors (Lipinski definition) is 2. The maximum Gasteiger partial charge on any atom is 0.261 e. The summed E-state index contributed by atoms with van der Waals surface area (Å²) in [5, 5.41) is 0.921. The summed E-state index contributed by atoms with van der Waals surface area (Å²) in [6, 6.07) is 9.08. The predicted molar refractivity (Wildman–Crippen MR) is 83.5 cm³/mol. The lowest BCUT2D eigenvalue weighted by molar-refractivity contribution is 0.601. The summed E-state index contributed by atoms with van der Waals surface area (Å²) in [6.45, 7) is 1.78. The van der Waals surface area contributed by atoms with Gasteiger partial charge in [0.2, 0.25) is 0 Å². The van der Waals surface area contributed by atoms with Crippen LogP contribution in [0.15, 0.2) is 41.3 Å². The molecule has 0 bridgehead atoms. The lowest BCUT2D eigenvalue weighted by atomic mass is 10.2. The largest absolute Gasteiger partial charge is 0.279 e. The van der Waals surface area contributed by atoms with Crippen molar-refractivity contribution in [1.82, 2.24) is 0 Å². The predicted octanol–water partition coefficient (Wildman–Crippen LogP) is 4.76. The lowest BCUT2D eigenvalue weighted by Crippen LogP contribution is -2.13. The van der Waals surface area contributed by atoms with Crippen LogP contribution in [0, 0.1) is 6.92 Å². The van der Waals surface area contributed by atoms with E-state index in [-0.39, 0.29) is 9.92 Å². The van der Waals surface area contributed by atoms with Crippen LogP contribution in [0.1, 0.15) is 5.56 Å². The Morgan fingerprint density at radius 3 is 2.30 bits per heavy atom. The third-order valence-corrected chi connectivity index (χ3v) is 4.98. The van der Waals surface area contributed by atoms with Crippen LogP contribution in [0.4, 0.5) is 5.69 Å². The molecule has 0 aromatic heterocycles. The average Bonchev–Trinajstić information content (AvgIpc) is 2.36. The van der Waals surface area contributed by atoms with Gasteiger partial charge < -0.3 is 0 Å². The molecule has 0 radical (unpaired) electrons. The van der Waals surface area contributed by atoms with Crippen molar-refractivity contribution in [1.29, 1.82) is 0 Å². The molecular formula is C13H10Cl3NO2S. The molecule has 0 aliphatic rings. The van der Waals surface area contributed by atoms with Crippen LogP contribution in [0.25, 0.3) is 0 Å². The Balaban J connectivity index is 2.40. The minimum atomic E-state index is -3.74. The van der Waals surface area contributed by atoms with E-state index in [4.69, 9.17) is 34.8 Å². The van der Waals surface area contributed by atoms with Gasteiger partial charge in [0.05, 0.1) is 20.6 Å². The zero-order valence-corrected chi connectivity index (χ0v) is 13.4. The number of benzene rings is 2. The van der Waals surface area contributed by atoms with Crippen molar-refractivity contribution < 1.29 is 8.42 Å². The third kappa shape index (κ3) is 3.38. The first-order valence-corrected chi connectivity index (χ1v) is 8.15. The molecular weight excluding hydrogens is 341 g/mol. The molecule has 20 heavy (non-hydrogen) atoms. The maximum absolute atomic E-state index is 12.3. The van der Waals surface area contributed by atoms with Crippen molar-refractivity contribution in [2.75, 3.05) is 4.72 Å². The minimum Gasteiger partial charge on any atom is -0.279 e. The van der Waals surface area contributed by atoms with E-state index >= 15 is 0 Å². The number of nitrogens with one attached hydrogen (secondary N) is 1. The number of rotatable bonds is 3. The van der Waals surface area contributed by atoms with Crippen LogP contribution in [0.2, 0.25) is 15.1 Å². The highest BCUT2D eigenvalue weighted by molar-refractivity contribution is 7.92. The van der Waals surface area contributed by atoms with Gasteiger partial charge in [0.25, 0.3) is 10.0 Å². The second kappa shape index (κ2) is 5.82. The second-order valence-electron chi connectivity index (χ2n) is 4.14. The Morgan fingerprint density at radius 1 is 0.950 bits per heavy atom. The molecule has 3 nitrogen and oxygen atoms in total. The zero-order chi connectivity index (χ0) is 14.9. The van der Waals surface area contributed by atoms with E-state index in [2.05, 4.69) is 4.72 Å². The van der Waals surface area contributed by atoms with Crippen molar-refractivity contribution in [2.45, 2.75) is 11.8 Å². The van der Waals surface area contributed by atoms with E-state index in [0.29, 0.717) is 15.7 Å². The van der Waals surface area contributed by atoms with Gasteiger partial charge in [0.1, 0.15) is 0 Å². The summed E-state index contributed by atoms with van der Waals surface area (Å²) in [5.74, 6) is 0. The summed E-state index contributed by atoms with van der Waals surface area (Å²) < 4.78 is 27.0. The highest BCUT2D eigenvalue weighted by Gasteiger charge is 2.16. The molecule has 0 aliphatic heterocycles. The number of anilines is 1. The van der Waals surface area contributed by atoms with E-state index in [0.717, 1.165) is 5.56 Å².